The number of benzene rings is 2. The van der Waals surface area contributed by atoms with E-state index in [4.69, 9.17) is 16.3 Å². The molecule has 5 nitrogen and oxygen atoms in total. The predicted molar refractivity (Wildman–Crippen MR) is 111 cm³/mol. The van der Waals surface area contributed by atoms with Crippen molar-refractivity contribution < 1.29 is 13.2 Å². The number of anilines is 1. The third-order valence-corrected chi connectivity index (χ3v) is 5.84. The van der Waals surface area contributed by atoms with Crippen molar-refractivity contribution in [2.45, 2.75) is 31.3 Å². The van der Waals surface area contributed by atoms with Crippen LogP contribution in [-0.2, 0) is 16.6 Å². The number of aromatic nitrogens is 1. The Morgan fingerprint density at radius 3 is 2.43 bits per heavy atom. The summed E-state index contributed by atoms with van der Waals surface area (Å²) in [5.74, 6) is 0.790. The van der Waals surface area contributed by atoms with E-state index in [-0.39, 0.29) is 11.5 Å². The second-order valence-corrected chi connectivity index (χ2v) is 8.67. The van der Waals surface area contributed by atoms with Gasteiger partial charge in [0, 0.05) is 6.20 Å². The topological polar surface area (TPSA) is 68.3 Å². The van der Waals surface area contributed by atoms with Gasteiger partial charge in [-0.3, -0.25) is 9.71 Å². The van der Waals surface area contributed by atoms with Crippen LogP contribution < -0.4 is 9.46 Å². The molecule has 0 aliphatic rings. The smallest absolute Gasteiger partial charge is 0.261 e. The maximum atomic E-state index is 12.6. The molecule has 0 saturated heterocycles. The molecule has 1 aromatic heterocycles. The molecular weight excluding hydrogens is 396 g/mol. The van der Waals surface area contributed by atoms with Crippen molar-refractivity contribution in [2.75, 3.05) is 4.72 Å². The van der Waals surface area contributed by atoms with Crippen molar-refractivity contribution in [3.63, 3.8) is 0 Å². The zero-order chi connectivity index (χ0) is 20.1. The zero-order valence-electron chi connectivity index (χ0n) is 15.6. The quantitative estimate of drug-likeness (QED) is 0.572. The number of nitrogens with zero attached hydrogens (tertiary/aromatic N) is 1. The minimum Gasteiger partial charge on any atom is -0.486 e. The van der Waals surface area contributed by atoms with E-state index in [1.165, 1.54) is 6.07 Å². The Morgan fingerprint density at radius 2 is 1.82 bits per heavy atom. The largest absolute Gasteiger partial charge is 0.486 e. The lowest BCUT2D eigenvalue weighted by molar-refractivity contribution is 0.301. The summed E-state index contributed by atoms with van der Waals surface area (Å²) in [6, 6.07) is 17.2. The molecule has 0 aliphatic heterocycles. The molecule has 0 aliphatic carbocycles. The summed E-state index contributed by atoms with van der Waals surface area (Å²) >= 11 is 6.25. The van der Waals surface area contributed by atoms with Gasteiger partial charge in [-0.25, -0.2) is 8.42 Å². The Hall–Kier alpha value is -2.57. The van der Waals surface area contributed by atoms with E-state index < -0.39 is 10.0 Å². The van der Waals surface area contributed by atoms with Gasteiger partial charge in [-0.15, -0.1) is 0 Å². The van der Waals surface area contributed by atoms with Crippen molar-refractivity contribution in [1.82, 2.24) is 4.98 Å². The number of sulfonamides is 1. The average Bonchev–Trinajstić information content (AvgIpc) is 2.68. The van der Waals surface area contributed by atoms with Gasteiger partial charge < -0.3 is 4.74 Å². The van der Waals surface area contributed by atoms with Crippen LogP contribution in [0.15, 0.2) is 71.8 Å². The Kier molecular flexibility index (Phi) is 6.21. The molecule has 28 heavy (non-hydrogen) atoms. The number of nitrogens with one attached hydrogen (secondary N) is 1. The highest BCUT2D eigenvalue weighted by molar-refractivity contribution is 7.92. The molecule has 3 aromatic rings. The molecule has 0 radical (unpaired) electrons. The molecule has 7 heteroatoms. The van der Waals surface area contributed by atoms with E-state index in [1.54, 1.807) is 30.5 Å². The second kappa shape index (κ2) is 8.63. The standard InChI is InChI=1S/C21H21ClN2O3S/c1-15(2)16-6-9-19(10-7-16)28(25,26)24-17-8-11-21(20(22)13-17)27-14-18-5-3-4-12-23-18/h3-13,15,24H,14H2,1-2H3. The minimum absolute atomic E-state index is 0.198. The van der Waals surface area contributed by atoms with Gasteiger partial charge in [-0.05, 0) is 53.9 Å². The molecule has 1 heterocycles. The lowest BCUT2D eigenvalue weighted by Gasteiger charge is -2.12. The van der Waals surface area contributed by atoms with Crippen LogP contribution in [0.4, 0.5) is 5.69 Å². The summed E-state index contributed by atoms with van der Waals surface area (Å²) < 4.78 is 33.4. The highest BCUT2D eigenvalue weighted by Crippen LogP contribution is 2.29. The molecule has 0 fully saturated rings. The molecule has 0 spiro atoms. The van der Waals surface area contributed by atoms with Gasteiger partial charge in [0.25, 0.3) is 10.0 Å². The average molecular weight is 417 g/mol. The van der Waals surface area contributed by atoms with Gasteiger partial charge in [0.15, 0.2) is 0 Å². The van der Waals surface area contributed by atoms with E-state index in [0.29, 0.717) is 22.4 Å². The van der Waals surface area contributed by atoms with Crippen molar-refractivity contribution in [3.05, 3.63) is 83.1 Å². The predicted octanol–water partition coefficient (Wildman–Crippen LogP) is 5.24. The second-order valence-electron chi connectivity index (χ2n) is 6.58. The van der Waals surface area contributed by atoms with Crippen LogP contribution in [-0.4, -0.2) is 13.4 Å². The molecule has 0 amide bonds. The third kappa shape index (κ3) is 5.03. The Labute approximate surface area is 170 Å². The molecule has 0 saturated carbocycles. The fourth-order valence-corrected chi connectivity index (χ4v) is 3.85. The van der Waals surface area contributed by atoms with Crippen LogP contribution >= 0.6 is 11.6 Å². The Bertz CT molecular complexity index is 1040. The van der Waals surface area contributed by atoms with Crippen molar-refractivity contribution in [1.29, 1.82) is 0 Å². The number of halogens is 1. The van der Waals surface area contributed by atoms with E-state index in [2.05, 4.69) is 23.6 Å². The maximum Gasteiger partial charge on any atom is 0.261 e. The van der Waals surface area contributed by atoms with Crippen molar-refractivity contribution >= 4 is 27.3 Å². The van der Waals surface area contributed by atoms with Crippen LogP contribution in [0.25, 0.3) is 0 Å². The SMILES string of the molecule is CC(C)c1ccc(S(=O)(=O)Nc2ccc(OCc3ccccn3)c(Cl)c2)cc1. The van der Waals surface area contributed by atoms with Crippen molar-refractivity contribution in [2.24, 2.45) is 0 Å². The summed E-state index contributed by atoms with van der Waals surface area (Å²) in [6.07, 6.45) is 1.69. The summed E-state index contributed by atoms with van der Waals surface area (Å²) in [6.45, 7) is 4.39. The minimum atomic E-state index is -3.70. The normalized spacial score (nSPS) is 11.4. The van der Waals surface area contributed by atoms with Crippen LogP contribution in [0.5, 0.6) is 5.75 Å². The fraction of sp³-hybridized carbons (Fsp3) is 0.190. The molecule has 146 valence electrons. The molecule has 1 N–H and O–H groups in total. The molecule has 0 unspecified atom stereocenters. The number of ether oxygens (including phenoxy) is 1. The molecule has 3 rings (SSSR count). The first-order chi connectivity index (χ1) is 13.3. The van der Waals surface area contributed by atoms with E-state index in [1.807, 2.05) is 30.3 Å². The summed E-state index contributed by atoms with van der Waals surface area (Å²) in [5.41, 5.74) is 2.22. The zero-order valence-corrected chi connectivity index (χ0v) is 17.2. The molecule has 0 atom stereocenters. The van der Waals surface area contributed by atoms with Crippen molar-refractivity contribution in [3.8, 4) is 5.75 Å². The van der Waals surface area contributed by atoms with Gasteiger partial charge in [-0.2, -0.15) is 0 Å². The number of pyridine rings is 1. The number of hydrogen-bond donors (Lipinski definition) is 1. The fourth-order valence-electron chi connectivity index (χ4n) is 2.56. The molecular formula is C21H21ClN2O3S. The highest BCUT2D eigenvalue weighted by atomic mass is 35.5. The summed E-state index contributed by atoms with van der Waals surface area (Å²) in [4.78, 5) is 4.38. The molecule has 0 bridgehead atoms. The first kappa shape index (κ1) is 20.2. The van der Waals surface area contributed by atoms with Gasteiger partial charge in [-0.1, -0.05) is 43.6 Å². The number of hydrogen-bond acceptors (Lipinski definition) is 4. The lowest BCUT2D eigenvalue weighted by Crippen LogP contribution is -2.13. The first-order valence-corrected chi connectivity index (χ1v) is 10.7. The van der Waals surface area contributed by atoms with E-state index in [0.717, 1.165) is 11.3 Å². The van der Waals surface area contributed by atoms with Gasteiger partial charge in [0.05, 0.1) is 21.3 Å². The van der Waals surface area contributed by atoms with E-state index in [9.17, 15) is 8.42 Å². The van der Waals surface area contributed by atoms with Gasteiger partial charge in [0.1, 0.15) is 12.4 Å². The van der Waals surface area contributed by atoms with Gasteiger partial charge >= 0.3 is 0 Å². The van der Waals surface area contributed by atoms with Crippen LogP contribution in [0.1, 0.15) is 31.0 Å². The van der Waals surface area contributed by atoms with Crippen LogP contribution in [0, 0.1) is 0 Å². The lowest BCUT2D eigenvalue weighted by atomic mass is 10.0. The summed E-state index contributed by atoms with van der Waals surface area (Å²) in [7, 11) is -3.70. The first-order valence-electron chi connectivity index (χ1n) is 8.80. The summed E-state index contributed by atoms with van der Waals surface area (Å²) in [5, 5.41) is 0.311. The highest BCUT2D eigenvalue weighted by Gasteiger charge is 2.15. The van der Waals surface area contributed by atoms with Gasteiger partial charge in [0.2, 0.25) is 0 Å². The van der Waals surface area contributed by atoms with Crippen LogP contribution in [0.3, 0.4) is 0 Å². The monoisotopic (exact) mass is 416 g/mol. The van der Waals surface area contributed by atoms with Crippen LogP contribution in [0.2, 0.25) is 5.02 Å². The third-order valence-electron chi connectivity index (χ3n) is 4.14. The molecule has 2 aromatic carbocycles. The Morgan fingerprint density at radius 1 is 1.07 bits per heavy atom. The Balaban J connectivity index is 1.70. The maximum absolute atomic E-state index is 12.6. The van der Waals surface area contributed by atoms with E-state index >= 15 is 0 Å². The number of rotatable bonds is 7.